The van der Waals surface area contributed by atoms with Crippen LogP contribution in [0.2, 0.25) is 5.02 Å². The van der Waals surface area contributed by atoms with Gasteiger partial charge >= 0.3 is 5.97 Å². The smallest absolute Gasteiger partial charge is 0.339 e. The van der Waals surface area contributed by atoms with E-state index < -0.39 is 18.5 Å². The highest BCUT2D eigenvalue weighted by atomic mass is 35.5. The molecule has 0 radical (unpaired) electrons. The monoisotopic (exact) mass is 437 g/mol. The lowest BCUT2D eigenvalue weighted by molar-refractivity contribution is -0.119. The molecular formula is C24H20ClNO5. The maximum absolute atomic E-state index is 12.9. The van der Waals surface area contributed by atoms with Crippen LogP contribution in [0.25, 0.3) is 0 Å². The van der Waals surface area contributed by atoms with Gasteiger partial charge in [-0.05, 0) is 31.2 Å². The number of nitrogens with one attached hydrogen (secondary N) is 1. The normalized spacial score (nSPS) is 10.3. The van der Waals surface area contributed by atoms with E-state index in [-0.39, 0.29) is 16.9 Å². The molecule has 0 spiro atoms. The average molecular weight is 438 g/mol. The van der Waals surface area contributed by atoms with E-state index in [1.807, 2.05) is 19.1 Å². The Morgan fingerprint density at radius 1 is 0.935 bits per heavy atom. The number of methoxy groups -OCH3 is 1. The number of anilines is 1. The summed E-state index contributed by atoms with van der Waals surface area (Å²) in [7, 11) is 1.46. The van der Waals surface area contributed by atoms with Gasteiger partial charge in [-0.3, -0.25) is 9.59 Å². The maximum atomic E-state index is 12.9. The molecule has 0 heterocycles. The Balaban J connectivity index is 1.70. The fourth-order valence-electron chi connectivity index (χ4n) is 2.89. The van der Waals surface area contributed by atoms with E-state index in [2.05, 4.69) is 5.32 Å². The Morgan fingerprint density at radius 3 is 2.29 bits per heavy atom. The van der Waals surface area contributed by atoms with Gasteiger partial charge in [0.15, 0.2) is 12.4 Å². The molecule has 0 aromatic heterocycles. The standard InChI is InChI=1S/C24H20ClNO5/c1-15-7-9-16(10-8-15)23(28)18-5-3-4-6-19(18)24(29)31-14-22(27)26-20-13-17(25)11-12-21(20)30-2/h3-13H,14H2,1-2H3,(H,26,27). The first-order valence-corrected chi connectivity index (χ1v) is 9.77. The van der Waals surface area contributed by atoms with Crippen molar-refractivity contribution < 1.29 is 23.9 Å². The van der Waals surface area contributed by atoms with Crippen molar-refractivity contribution in [3.8, 4) is 5.75 Å². The predicted octanol–water partition coefficient (Wildman–Crippen LogP) is 4.68. The van der Waals surface area contributed by atoms with Gasteiger partial charge in [-0.15, -0.1) is 0 Å². The molecule has 0 saturated heterocycles. The molecule has 1 N–H and O–H groups in total. The van der Waals surface area contributed by atoms with Crippen molar-refractivity contribution in [3.63, 3.8) is 0 Å². The van der Waals surface area contributed by atoms with Crippen LogP contribution >= 0.6 is 11.6 Å². The van der Waals surface area contributed by atoms with Crippen molar-refractivity contribution in [1.29, 1.82) is 0 Å². The second kappa shape index (κ2) is 9.91. The lowest BCUT2D eigenvalue weighted by Gasteiger charge is -2.12. The predicted molar refractivity (Wildman–Crippen MR) is 118 cm³/mol. The van der Waals surface area contributed by atoms with E-state index in [0.29, 0.717) is 22.0 Å². The molecule has 0 aliphatic heterocycles. The number of aryl methyl sites for hydroxylation is 1. The van der Waals surface area contributed by atoms with Gasteiger partial charge in [-0.1, -0.05) is 59.6 Å². The molecule has 3 aromatic carbocycles. The minimum Gasteiger partial charge on any atom is -0.495 e. The van der Waals surface area contributed by atoms with Gasteiger partial charge in [0.2, 0.25) is 0 Å². The van der Waals surface area contributed by atoms with Crippen LogP contribution < -0.4 is 10.1 Å². The van der Waals surface area contributed by atoms with E-state index in [0.717, 1.165) is 5.56 Å². The van der Waals surface area contributed by atoms with Crippen molar-refractivity contribution >= 4 is 34.9 Å². The Kier molecular flexibility index (Phi) is 7.05. The molecule has 7 heteroatoms. The van der Waals surface area contributed by atoms with Crippen LogP contribution in [0.15, 0.2) is 66.7 Å². The van der Waals surface area contributed by atoms with E-state index in [9.17, 15) is 14.4 Å². The summed E-state index contributed by atoms with van der Waals surface area (Å²) in [6.45, 7) is 1.38. The first-order chi connectivity index (χ1) is 14.9. The van der Waals surface area contributed by atoms with Crippen molar-refractivity contribution in [3.05, 3.63) is 94.0 Å². The lowest BCUT2D eigenvalue weighted by atomic mass is 9.98. The van der Waals surface area contributed by atoms with Gasteiger partial charge < -0.3 is 14.8 Å². The minimum atomic E-state index is -0.774. The number of ether oxygens (including phenoxy) is 2. The van der Waals surface area contributed by atoms with Gasteiger partial charge in [-0.25, -0.2) is 4.79 Å². The maximum Gasteiger partial charge on any atom is 0.339 e. The number of amides is 1. The van der Waals surface area contributed by atoms with Crippen LogP contribution in [-0.4, -0.2) is 31.4 Å². The Morgan fingerprint density at radius 2 is 1.61 bits per heavy atom. The largest absolute Gasteiger partial charge is 0.495 e. The summed E-state index contributed by atoms with van der Waals surface area (Å²) in [6.07, 6.45) is 0. The third kappa shape index (κ3) is 5.49. The second-order valence-electron chi connectivity index (χ2n) is 6.71. The van der Waals surface area contributed by atoms with Crippen LogP contribution in [0.1, 0.15) is 31.8 Å². The van der Waals surface area contributed by atoms with Crippen molar-refractivity contribution in [2.75, 3.05) is 19.0 Å². The van der Waals surface area contributed by atoms with Crippen molar-refractivity contribution in [2.24, 2.45) is 0 Å². The van der Waals surface area contributed by atoms with Crippen molar-refractivity contribution in [1.82, 2.24) is 0 Å². The molecular weight excluding hydrogens is 418 g/mol. The summed E-state index contributed by atoms with van der Waals surface area (Å²) in [6, 6.07) is 18.1. The van der Waals surface area contributed by atoms with Gasteiger partial charge in [0, 0.05) is 16.1 Å². The summed E-state index contributed by atoms with van der Waals surface area (Å²) in [5.41, 5.74) is 2.11. The first-order valence-electron chi connectivity index (χ1n) is 9.40. The van der Waals surface area contributed by atoms with Crippen LogP contribution in [0, 0.1) is 6.92 Å². The number of esters is 1. The van der Waals surface area contributed by atoms with Crippen LogP contribution in [0.3, 0.4) is 0 Å². The van der Waals surface area contributed by atoms with Gasteiger partial charge in [0.25, 0.3) is 5.91 Å². The summed E-state index contributed by atoms with van der Waals surface area (Å²) in [5.74, 6) is -1.24. The zero-order valence-corrected chi connectivity index (χ0v) is 17.7. The van der Waals surface area contributed by atoms with Gasteiger partial charge in [-0.2, -0.15) is 0 Å². The summed E-state index contributed by atoms with van der Waals surface area (Å²) >= 11 is 5.95. The zero-order valence-electron chi connectivity index (χ0n) is 17.0. The van der Waals surface area contributed by atoms with Gasteiger partial charge in [0.05, 0.1) is 18.4 Å². The molecule has 0 saturated carbocycles. The number of carbonyl (C=O) groups excluding carboxylic acids is 3. The number of benzene rings is 3. The number of carbonyl (C=O) groups is 3. The van der Waals surface area contributed by atoms with Gasteiger partial charge in [0.1, 0.15) is 5.75 Å². The molecule has 0 unspecified atom stereocenters. The van der Waals surface area contributed by atoms with E-state index in [4.69, 9.17) is 21.1 Å². The number of hydrogen-bond donors (Lipinski definition) is 1. The number of halogens is 1. The third-order valence-corrected chi connectivity index (χ3v) is 4.71. The molecule has 3 aromatic rings. The number of rotatable bonds is 7. The zero-order chi connectivity index (χ0) is 22.4. The fraction of sp³-hybridized carbons (Fsp3) is 0.125. The minimum absolute atomic E-state index is 0.0845. The van der Waals surface area contributed by atoms with Crippen LogP contribution in [0.5, 0.6) is 5.75 Å². The molecule has 0 aliphatic carbocycles. The summed E-state index contributed by atoms with van der Waals surface area (Å²) in [4.78, 5) is 37.7. The molecule has 0 atom stereocenters. The van der Waals surface area contributed by atoms with E-state index in [1.165, 1.54) is 19.2 Å². The summed E-state index contributed by atoms with van der Waals surface area (Å²) < 4.78 is 10.3. The van der Waals surface area contributed by atoms with Crippen LogP contribution in [-0.2, 0) is 9.53 Å². The van der Waals surface area contributed by atoms with E-state index in [1.54, 1.807) is 42.5 Å². The molecule has 0 aliphatic rings. The molecule has 3 rings (SSSR count). The Bertz CT molecular complexity index is 1130. The third-order valence-electron chi connectivity index (χ3n) is 4.48. The number of ketones is 1. The highest BCUT2D eigenvalue weighted by Crippen LogP contribution is 2.27. The SMILES string of the molecule is COc1ccc(Cl)cc1NC(=O)COC(=O)c1ccccc1C(=O)c1ccc(C)cc1. The molecule has 6 nitrogen and oxygen atoms in total. The highest BCUT2D eigenvalue weighted by molar-refractivity contribution is 6.31. The van der Waals surface area contributed by atoms with E-state index >= 15 is 0 Å². The Hall–Kier alpha value is -3.64. The topological polar surface area (TPSA) is 81.7 Å². The molecule has 31 heavy (non-hydrogen) atoms. The lowest BCUT2D eigenvalue weighted by Crippen LogP contribution is -2.22. The molecule has 0 bridgehead atoms. The number of hydrogen-bond acceptors (Lipinski definition) is 5. The molecule has 1 amide bonds. The first kappa shape index (κ1) is 22.1. The van der Waals surface area contributed by atoms with Crippen LogP contribution in [0.4, 0.5) is 5.69 Å². The molecule has 158 valence electrons. The second-order valence-corrected chi connectivity index (χ2v) is 7.15. The average Bonchev–Trinajstić information content (AvgIpc) is 2.77. The quantitative estimate of drug-likeness (QED) is 0.428. The Labute approximate surface area is 184 Å². The summed E-state index contributed by atoms with van der Waals surface area (Å²) in [5, 5.41) is 3.00. The highest BCUT2D eigenvalue weighted by Gasteiger charge is 2.20. The van der Waals surface area contributed by atoms with Crippen molar-refractivity contribution in [2.45, 2.75) is 6.92 Å². The fourth-order valence-corrected chi connectivity index (χ4v) is 3.06. The molecule has 0 fully saturated rings.